The zero-order valence-electron chi connectivity index (χ0n) is 27.0. The van der Waals surface area contributed by atoms with E-state index >= 15 is 0 Å². The largest absolute Gasteiger partial charge is 0.334 e. The minimum atomic E-state index is -0.174. The number of carbonyl (C=O) groups is 1. The van der Waals surface area contributed by atoms with Crippen molar-refractivity contribution >= 4 is 23.7 Å². The Morgan fingerprint density at radius 1 is 0.778 bits per heavy atom. The molecule has 0 saturated heterocycles. The summed E-state index contributed by atoms with van der Waals surface area (Å²) in [4.78, 5) is 14.1. The first-order chi connectivity index (χ1) is 21.6. The first-order valence-corrected chi connectivity index (χ1v) is 16.1. The molecular formula is C43H41NO. The molecule has 0 aromatic heterocycles. The maximum absolute atomic E-state index is 11.6. The Labute approximate surface area is 268 Å². The fourth-order valence-electron chi connectivity index (χ4n) is 7.73. The van der Waals surface area contributed by atoms with Crippen molar-refractivity contribution in [3.05, 3.63) is 149 Å². The predicted octanol–water partition coefficient (Wildman–Crippen LogP) is 11.0. The molecule has 7 rings (SSSR count). The zero-order chi connectivity index (χ0) is 31.5. The Balaban J connectivity index is 1.35. The van der Waals surface area contributed by atoms with E-state index < -0.39 is 0 Å². The SMILES string of the molecule is C=CC/C=C\c1cc(N(c2ccc3c(c2)C(C)(C)c2cc4c(cc2-3)C(C)(C)c2cc(C=O)ccc2-4)[C@H]2C=CC=CC2)ccc1C. The van der Waals surface area contributed by atoms with Gasteiger partial charge in [0.1, 0.15) is 6.29 Å². The van der Waals surface area contributed by atoms with Crippen molar-refractivity contribution in [2.75, 3.05) is 4.90 Å². The number of fused-ring (bicyclic) bond motifs is 6. The lowest BCUT2D eigenvalue weighted by Crippen LogP contribution is -2.30. The molecule has 3 aliphatic carbocycles. The number of anilines is 2. The van der Waals surface area contributed by atoms with Crippen molar-refractivity contribution in [1.29, 1.82) is 0 Å². The third kappa shape index (κ3) is 4.58. The molecule has 0 unspecified atom stereocenters. The van der Waals surface area contributed by atoms with E-state index in [0.717, 1.165) is 24.7 Å². The Hall–Kier alpha value is -4.69. The first kappa shape index (κ1) is 29.0. The average molecular weight is 588 g/mol. The molecule has 0 fully saturated rings. The van der Waals surface area contributed by atoms with E-state index in [2.05, 4.69) is 143 Å². The normalized spacial score (nSPS) is 17.9. The van der Waals surface area contributed by atoms with Gasteiger partial charge >= 0.3 is 0 Å². The molecule has 0 saturated carbocycles. The molecule has 0 radical (unpaired) electrons. The molecule has 0 spiro atoms. The minimum Gasteiger partial charge on any atom is -0.334 e. The van der Waals surface area contributed by atoms with Crippen molar-refractivity contribution < 1.29 is 4.79 Å². The van der Waals surface area contributed by atoms with E-state index in [-0.39, 0.29) is 16.9 Å². The summed E-state index contributed by atoms with van der Waals surface area (Å²) in [5.74, 6) is 0. The van der Waals surface area contributed by atoms with Crippen LogP contribution in [0.1, 0.15) is 84.3 Å². The molecule has 0 N–H and O–H groups in total. The molecule has 45 heavy (non-hydrogen) atoms. The van der Waals surface area contributed by atoms with Crippen LogP contribution in [0.15, 0.2) is 110 Å². The van der Waals surface area contributed by atoms with Crippen LogP contribution in [0.2, 0.25) is 0 Å². The fraction of sp³-hybridized carbons (Fsp3) is 0.233. The lowest BCUT2D eigenvalue weighted by atomic mass is 9.79. The van der Waals surface area contributed by atoms with Crippen LogP contribution in [-0.4, -0.2) is 12.3 Å². The number of nitrogens with zero attached hydrogens (tertiary/aromatic N) is 1. The van der Waals surface area contributed by atoms with Gasteiger partial charge in [0.05, 0.1) is 6.04 Å². The standard InChI is InChI=1S/C43H41NO/c1-7-8-10-13-30-23-32(18-16-28(30)2)44(31-14-11-9-12-15-31)33-19-21-35-37-26-40-36(25-41(37)43(5,6)39(35)24-33)34-20-17-29(27-45)22-38(34)42(40,3)4/h7,9-14,16-27,31H,1,8,15H2,2-6H3/b13-10-/t31-/m0/s1. The van der Waals surface area contributed by atoms with Gasteiger partial charge in [0, 0.05) is 27.8 Å². The van der Waals surface area contributed by atoms with Crippen LogP contribution in [0.25, 0.3) is 28.3 Å². The summed E-state index contributed by atoms with van der Waals surface area (Å²) in [5.41, 5.74) is 15.8. The summed E-state index contributed by atoms with van der Waals surface area (Å²) < 4.78 is 0. The number of aryl methyl sites for hydroxylation is 1. The third-order valence-corrected chi connectivity index (χ3v) is 10.3. The number of benzene rings is 4. The Morgan fingerprint density at radius 3 is 2.04 bits per heavy atom. The van der Waals surface area contributed by atoms with E-state index in [4.69, 9.17) is 0 Å². The Bertz CT molecular complexity index is 1960. The van der Waals surface area contributed by atoms with Gasteiger partial charge in [0.2, 0.25) is 0 Å². The van der Waals surface area contributed by atoms with Gasteiger partial charge in [0.15, 0.2) is 0 Å². The molecule has 2 nitrogen and oxygen atoms in total. The second-order valence-electron chi connectivity index (χ2n) is 13.8. The molecular weight excluding hydrogens is 546 g/mol. The van der Waals surface area contributed by atoms with Crippen molar-refractivity contribution in [3.63, 3.8) is 0 Å². The molecule has 2 heteroatoms. The van der Waals surface area contributed by atoms with E-state index in [1.54, 1.807) is 0 Å². The molecule has 4 aromatic carbocycles. The molecule has 0 heterocycles. The molecule has 0 aliphatic heterocycles. The van der Waals surface area contributed by atoms with E-state index in [1.165, 1.54) is 67.0 Å². The molecule has 4 aromatic rings. The summed E-state index contributed by atoms with van der Waals surface area (Å²) in [7, 11) is 0. The van der Waals surface area contributed by atoms with Crippen molar-refractivity contribution in [2.24, 2.45) is 0 Å². The lowest BCUT2D eigenvalue weighted by Gasteiger charge is -2.34. The van der Waals surface area contributed by atoms with Crippen molar-refractivity contribution in [2.45, 2.75) is 64.3 Å². The van der Waals surface area contributed by atoms with Gasteiger partial charge in [-0.05, 0) is 118 Å². The summed E-state index contributed by atoms with van der Waals surface area (Å²) in [6.45, 7) is 15.4. The fourth-order valence-corrected chi connectivity index (χ4v) is 7.73. The molecule has 224 valence electrons. The molecule has 3 aliphatic rings. The first-order valence-electron chi connectivity index (χ1n) is 16.1. The van der Waals surface area contributed by atoms with E-state index in [0.29, 0.717) is 0 Å². The monoisotopic (exact) mass is 587 g/mol. The van der Waals surface area contributed by atoms with Gasteiger partial charge < -0.3 is 4.90 Å². The van der Waals surface area contributed by atoms with Gasteiger partial charge in [-0.3, -0.25) is 4.79 Å². The van der Waals surface area contributed by atoms with Crippen LogP contribution in [0.5, 0.6) is 0 Å². The lowest BCUT2D eigenvalue weighted by molar-refractivity contribution is 0.112. The van der Waals surface area contributed by atoms with Crippen molar-refractivity contribution in [1.82, 2.24) is 0 Å². The van der Waals surface area contributed by atoms with Crippen molar-refractivity contribution in [3.8, 4) is 22.3 Å². The summed E-state index contributed by atoms with van der Waals surface area (Å²) in [5, 5.41) is 0. The van der Waals surface area contributed by atoms with Gasteiger partial charge in [-0.25, -0.2) is 0 Å². The molecule has 0 amide bonds. The quantitative estimate of drug-likeness (QED) is 0.158. The van der Waals surface area contributed by atoms with Gasteiger partial charge in [0.25, 0.3) is 0 Å². The number of aldehydes is 1. The topological polar surface area (TPSA) is 20.3 Å². The zero-order valence-corrected chi connectivity index (χ0v) is 27.0. The van der Waals surface area contributed by atoms with Crippen LogP contribution < -0.4 is 4.90 Å². The highest BCUT2D eigenvalue weighted by atomic mass is 16.1. The second kappa shape index (κ2) is 10.7. The van der Waals surface area contributed by atoms with E-state index in [1.807, 2.05) is 12.1 Å². The van der Waals surface area contributed by atoms with Crippen LogP contribution in [0.4, 0.5) is 11.4 Å². The van der Waals surface area contributed by atoms with Gasteiger partial charge in [-0.1, -0.05) is 94.5 Å². The molecule has 0 bridgehead atoms. The highest BCUT2D eigenvalue weighted by Gasteiger charge is 2.42. The maximum atomic E-state index is 11.6. The molecule has 1 atom stereocenters. The summed E-state index contributed by atoms with van der Waals surface area (Å²) >= 11 is 0. The highest BCUT2D eigenvalue weighted by molar-refractivity contribution is 5.91. The second-order valence-corrected chi connectivity index (χ2v) is 13.8. The maximum Gasteiger partial charge on any atom is 0.150 e. The minimum absolute atomic E-state index is 0.162. The van der Waals surface area contributed by atoms with Gasteiger partial charge in [-0.15, -0.1) is 6.58 Å². The number of allylic oxidation sites excluding steroid dienone is 4. The van der Waals surface area contributed by atoms with Crippen LogP contribution in [0.3, 0.4) is 0 Å². The number of hydrogen-bond donors (Lipinski definition) is 0. The van der Waals surface area contributed by atoms with E-state index in [9.17, 15) is 4.79 Å². The van der Waals surface area contributed by atoms with Crippen LogP contribution in [0, 0.1) is 6.92 Å². The van der Waals surface area contributed by atoms with Crippen LogP contribution >= 0.6 is 0 Å². The number of carbonyl (C=O) groups excluding carboxylic acids is 1. The number of hydrogen-bond acceptors (Lipinski definition) is 2. The average Bonchev–Trinajstić information content (AvgIpc) is 3.40. The summed E-state index contributed by atoms with van der Waals surface area (Å²) in [6, 6.07) is 25.2. The highest BCUT2D eigenvalue weighted by Crippen LogP contribution is 2.56. The van der Waals surface area contributed by atoms with Crippen LogP contribution in [-0.2, 0) is 10.8 Å². The summed E-state index contributed by atoms with van der Waals surface area (Å²) in [6.07, 6.45) is 18.0. The smallest absolute Gasteiger partial charge is 0.150 e. The Kier molecular flexibility index (Phi) is 6.93. The number of rotatable bonds is 7. The van der Waals surface area contributed by atoms with Gasteiger partial charge in [-0.2, -0.15) is 0 Å². The predicted molar refractivity (Wildman–Crippen MR) is 191 cm³/mol. The Morgan fingerprint density at radius 2 is 1.40 bits per heavy atom. The third-order valence-electron chi connectivity index (χ3n) is 10.3.